The summed E-state index contributed by atoms with van der Waals surface area (Å²) in [6.07, 6.45) is 0. The van der Waals surface area contributed by atoms with Crippen molar-refractivity contribution in [2.75, 3.05) is 4.90 Å². The molecule has 0 spiro atoms. The molecule has 0 atom stereocenters. The molecule has 0 aliphatic heterocycles. The minimum Gasteiger partial charge on any atom is -0.309 e. The first-order chi connectivity index (χ1) is 17.8. The summed E-state index contributed by atoms with van der Waals surface area (Å²) in [5, 5.41) is 10.1. The number of nitrogens with zero attached hydrogens (tertiary/aromatic N) is 1. The molecule has 0 radical (unpaired) electrons. The minimum absolute atomic E-state index is 1.19. The largest absolute Gasteiger partial charge is 0.309 e. The van der Waals surface area contributed by atoms with Crippen LogP contribution in [-0.4, -0.2) is 0 Å². The summed E-state index contributed by atoms with van der Waals surface area (Å²) >= 11 is 0. The lowest BCUT2D eigenvalue weighted by Gasteiger charge is -2.30. The van der Waals surface area contributed by atoms with Gasteiger partial charge in [-0.3, -0.25) is 0 Å². The van der Waals surface area contributed by atoms with Crippen molar-refractivity contribution < 1.29 is 0 Å². The van der Waals surface area contributed by atoms with Crippen molar-refractivity contribution in [3.63, 3.8) is 0 Å². The van der Waals surface area contributed by atoms with Gasteiger partial charge in [-0.2, -0.15) is 0 Å². The molecule has 0 aliphatic carbocycles. The van der Waals surface area contributed by atoms with Gasteiger partial charge in [-0.05, 0) is 63.0 Å². The van der Waals surface area contributed by atoms with Crippen LogP contribution in [0.1, 0.15) is 5.56 Å². The molecule has 0 aromatic heterocycles. The summed E-state index contributed by atoms with van der Waals surface area (Å²) in [7, 11) is 0. The molecule has 0 heterocycles. The topological polar surface area (TPSA) is 3.24 Å². The maximum absolute atomic E-state index is 2.46. The van der Waals surface area contributed by atoms with Crippen LogP contribution in [0.5, 0.6) is 0 Å². The molecule has 0 saturated carbocycles. The summed E-state index contributed by atoms with van der Waals surface area (Å²) in [4.78, 5) is 2.46. The van der Waals surface area contributed by atoms with Crippen molar-refractivity contribution in [1.29, 1.82) is 0 Å². The third kappa shape index (κ3) is 3.17. The fourth-order valence-corrected chi connectivity index (χ4v) is 5.64. The van der Waals surface area contributed by atoms with Crippen LogP contribution in [0.15, 0.2) is 133 Å². The van der Waals surface area contributed by atoms with Gasteiger partial charge in [0.2, 0.25) is 0 Å². The number of hydrogen-bond donors (Lipinski definition) is 0. The lowest BCUT2D eigenvalue weighted by atomic mass is 9.97. The second kappa shape index (κ2) is 8.25. The first kappa shape index (κ1) is 20.7. The van der Waals surface area contributed by atoms with Gasteiger partial charge in [0.25, 0.3) is 0 Å². The highest BCUT2D eigenvalue weighted by atomic mass is 15.1. The summed E-state index contributed by atoms with van der Waals surface area (Å²) in [6, 6.07) is 48.4. The van der Waals surface area contributed by atoms with Crippen LogP contribution < -0.4 is 4.90 Å². The summed E-state index contributed by atoms with van der Waals surface area (Å²) in [6.45, 7) is 2.20. The van der Waals surface area contributed by atoms with Crippen LogP contribution in [0.3, 0.4) is 0 Å². The van der Waals surface area contributed by atoms with E-state index in [2.05, 4.69) is 145 Å². The number of anilines is 3. The Morgan fingerprint density at radius 1 is 0.361 bits per heavy atom. The van der Waals surface area contributed by atoms with E-state index >= 15 is 0 Å². The van der Waals surface area contributed by atoms with E-state index in [0.717, 1.165) is 0 Å². The average molecular weight is 460 g/mol. The molecule has 0 aliphatic rings. The average Bonchev–Trinajstić information content (AvgIpc) is 2.94. The van der Waals surface area contributed by atoms with Gasteiger partial charge in [-0.15, -0.1) is 0 Å². The Hall–Kier alpha value is -4.62. The van der Waals surface area contributed by atoms with Gasteiger partial charge >= 0.3 is 0 Å². The number of benzene rings is 7. The van der Waals surface area contributed by atoms with Crippen LogP contribution in [0.25, 0.3) is 43.1 Å². The predicted molar refractivity (Wildman–Crippen MR) is 156 cm³/mol. The Balaban J connectivity index is 1.63. The molecular weight excluding hydrogens is 434 g/mol. The van der Waals surface area contributed by atoms with E-state index in [1.807, 2.05) is 0 Å². The van der Waals surface area contributed by atoms with Crippen LogP contribution in [0.4, 0.5) is 17.1 Å². The summed E-state index contributed by atoms with van der Waals surface area (Å²) < 4.78 is 0. The third-order valence-corrected chi connectivity index (χ3v) is 7.35. The molecule has 0 unspecified atom stereocenters. The van der Waals surface area contributed by atoms with Crippen LogP contribution >= 0.6 is 0 Å². The second-order valence-electron chi connectivity index (χ2n) is 9.44. The second-order valence-corrected chi connectivity index (χ2v) is 9.44. The molecule has 7 rings (SSSR count). The highest BCUT2D eigenvalue weighted by Crippen LogP contribution is 2.45. The SMILES string of the molecule is Cc1ccccc1N(c1cccc2c1ccc1ccccc12)c1cc2ccccc2c2ccccc12. The van der Waals surface area contributed by atoms with Crippen molar-refractivity contribution in [2.24, 2.45) is 0 Å². The molecule has 0 N–H and O–H groups in total. The zero-order valence-corrected chi connectivity index (χ0v) is 20.1. The van der Waals surface area contributed by atoms with E-state index in [1.54, 1.807) is 0 Å². The van der Waals surface area contributed by atoms with Crippen molar-refractivity contribution >= 4 is 60.2 Å². The normalized spacial score (nSPS) is 11.5. The molecule has 170 valence electrons. The van der Waals surface area contributed by atoms with Gasteiger partial charge in [-0.25, -0.2) is 0 Å². The third-order valence-electron chi connectivity index (χ3n) is 7.35. The van der Waals surface area contributed by atoms with E-state index in [1.165, 1.54) is 65.7 Å². The van der Waals surface area contributed by atoms with Gasteiger partial charge in [0, 0.05) is 16.5 Å². The maximum atomic E-state index is 2.46. The fourth-order valence-electron chi connectivity index (χ4n) is 5.64. The zero-order chi connectivity index (χ0) is 24.1. The van der Waals surface area contributed by atoms with E-state index in [4.69, 9.17) is 0 Å². The van der Waals surface area contributed by atoms with Crippen molar-refractivity contribution in [1.82, 2.24) is 0 Å². The Kier molecular flexibility index (Phi) is 4.75. The molecule has 7 aromatic carbocycles. The van der Waals surface area contributed by atoms with E-state index in [0.29, 0.717) is 0 Å². The number of aryl methyl sites for hydroxylation is 1. The smallest absolute Gasteiger partial charge is 0.0546 e. The molecule has 0 amide bonds. The van der Waals surface area contributed by atoms with Crippen LogP contribution in [0, 0.1) is 6.92 Å². The minimum atomic E-state index is 1.19. The Morgan fingerprint density at radius 3 is 1.67 bits per heavy atom. The van der Waals surface area contributed by atoms with Gasteiger partial charge in [0.15, 0.2) is 0 Å². The van der Waals surface area contributed by atoms with E-state index < -0.39 is 0 Å². The van der Waals surface area contributed by atoms with Gasteiger partial charge < -0.3 is 4.90 Å². The number of fused-ring (bicyclic) bond motifs is 6. The molecular formula is C35H25N. The van der Waals surface area contributed by atoms with Crippen molar-refractivity contribution in [2.45, 2.75) is 6.92 Å². The number of rotatable bonds is 3. The molecule has 1 heteroatoms. The first-order valence-electron chi connectivity index (χ1n) is 12.5. The molecule has 0 fully saturated rings. The van der Waals surface area contributed by atoms with Crippen molar-refractivity contribution in [3.8, 4) is 0 Å². The lowest BCUT2D eigenvalue weighted by Crippen LogP contribution is -2.12. The monoisotopic (exact) mass is 459 g/mol. The maximum Gasteiger partial charge on any atom is 0.0546 e. The van der Waals surface area contributed by atoms with E-state index in [-0.39, 0.29) is 0 Å². The highest BCUT2D eigenvalue weighted by molar-refractivity contribution is 6.17. The first-order valence-corrected chi connectivity index (χ1v) is 12.5. The molecule has 36 heavy (non-hydrogen) atoms. The zero-order valence-electron chi connectivity index (χ0n) is 20.1. The summed E-state index contributed by atoms with van der Waals surface area (Å²) in [5.41, 5.74) is 4.82. The molecule has 0 bridgehead atoms. The standard InChI is InChI=1S/C35H25N/c1-24-11-2-9-19-33(24)36(34-20-10-18-30-27-14-5-3-12-25(27)21-22-32(30)34)35-23-26-13-4-6-15-28(26)29-16-7-8-17-31(29)35/h2-23H,1H3. The van der Waals surface area contributed by atoms with E-state index in [9.17, 15) is 0 Å². The van der Waals surface area contributed by atoms with Gasteiger partial charge in [0.1, 0.15) is 0 Å². The predicted octanol–water partition coefficient (Wildman–Crippen LogP) is 10.1. The number of hydrogen-bond acceptors (Lipinski definition) is 1. The Morgan fingerprint density at radius 2 is 0.889 bits per heavy atom. The van der Waals surface area contributed by atoms with Gasteiger partial charge in [0.05, 0.1) is 11.4 Å². The lowest BCUT2D eigenvalue weighted by molar-refractivity contribution is 1.28. The van der Waals surface area contributed by atoms with Crippen LogP contribution in [0.2, 0.25) is 0 Å². The van der Waals surface area contributed by atoms with Crippen LogP contribution in [-0.2, 0) is 0 Å². The fraction of sp³-hybridized carbons (Fsp3) is 0.0286. The highest BCUT2D eigenvalue weighted by Gasteiger charge is 2.20. The van der Waals surface area contributed by atoms with Crippen molar-refractivity contribution in [3.05, 3.63) is 139 Å². The Labute approximate surface area is 210 Å². The molecule has 7 aromatic rings. The van der Waals surface area contributed by atoms with Gasteiger partial charge in [-0.1, -0.05) is 115 Å². The Bertz CT molecular complexity index is 1910. The number of para-hydroxylation sites is 1. The molecule has 0 saturated heterocycles. The quantitative estimate of drug-likeness (QED) is 0.238. The summed E-state index contributed by atoms with van der Waals surface area (Å²) in [5.74, 6) is 0. The molecule has 1 nitrogen and oxygen atoms in total.